The second-order valence-corrected chi connectivity index (χ2v) is 4.81. The molecule has 0 aliphatic carbocycles. The van der Waals surface area contributed by atoms with Crippen LogP contribution in [0.25, 0.3) is 0 Å². The molecule has 23 heavy (non-hydrogen) atoms. The summed E-state index contributed by atoms with van der Waals surface area (Å²) in [5.74, 6) is -1.66. The van der Waals surface area contributed by atoms with E-state index in [2.05, 4.69) is 0 Å². The molecule has 0 bridgehead atoms. The van der Waals surface area contributed by atoms with Crippen LogP contribution in [0.1, 0.15) is 39.5 Å². The number of rotatable bonds is 6. The van der Waals surface area contributed by atoms with Crippen molar-refractivity contribution in [3.05, 3.63) is 22.7 Å². The van der Waals surface area contributed by atoms with Crippen LogP contribution >= 0.6 is 11.6 Å². The fraction of sp³-hybridized carbons (Fsp3) is 0.400. The monoisotopic (exact) mass is 344 g/mol. The Kier molecular flexibility index (Phi) is 6.84. The van der Waals surface area contributed by atoms with Crippen molar-refractivity contribution in [1.29, 1.82) is 0 Å². The molecule has 0 aliphatic heterocycles. The average molecular weight is 345 g/mol. The number of carbonyl (C=O) groups excluding carboxylic acids is 3. The molecule has 1 aromatic rings. The van der Waals surface area contributed by atoms with Crippen LogP contribution in [0.4, 0.5) is 0 Å². The Bertz CT molecular complexity index is 596. The molecule has 8 heteroatoms. The molecule has 0 aliphatic rings. The average Bonchev–Trinajstić information content (AvgIpc) is 2.40. The Labute approximate surface area is 138 Å². The van der Waals surface area contributed by atoms with Crippen LogP contribution in [0, 0.1) is 0 Å². The fourth-order valence-electron chi connectivity index (χ4n) is 1.69. The largest absolute Gasteiger partial charge is 0.490 e. The molecule has 0 aromatic heterocycles. The zero-order valence-electron chi connectivity index (χ0n) is 13.2. The summed E-state index contributed by atoms with van der Waals surface area (Å²) in [5.41, 5.74) is 0.264. The SMILES string of the molecule is CCOc1cc(C(OC(C)=O)OC(C)=O)cc(Cl)c1OC(C)=O. The quantitative estimate of drug-likeness (QED) is 0.445. The smallest absolute Gasteiger partial charge is 0.308 e. The predicted octanol–water partition coefficient (Wildman–Crippen LogP) is 2.79. The Morgan fingerprint density at radius 3 is 2.04 bits per heavy atom. The molecule has 0 radical (unpaired) electrons. The lowest BCUT2D eigenvalue weighted by Gasteiger charge is -2.19. The van der Waals surface area contributed by atoms with Crippen LogP contribution in [0.5, 0.6) is 11.5 Å². The molecule has 7 nitrogen and oxygen atoms in total. The standard InChI is InChI=1S/C15H17ClO7/c1-5-20-13-7-11(6-12(16)14(13)21-8(2)17)15(22-9(3)18)23-10(4)19/h6-7,15H,5H2,1-4H3. The van der Waals surface area contributed by atoms with Crippen molar-refractivity contribution < 1.29 is 33.3 Å². The molecule has 0 saturated heterocycles. The Balaban J connectivity index is 3.30. The number of benzene rings is 1. The Hall–Kier alpha value is -2.28. The van der Waals surface area contributed by atoms with Crippen molar-refractivity contribution in [1.82, 2.24) is 0 Å². The van der Waals surface area contributed by atoms with E-state index in [1.54, 1.807) is 6.92 Å². The molecule has 0 atom stereocenters. The number of ether oxygens (including phenoxy) is 4. The topological polar surface area (TPSA) is 88.1 Å². The van der Waals surface area contributed by atoms with Crippen LogP contribution in [0.15, 0.2) is 12.1 Å². The first kappa shape index (κ1) is 18.8. The third-order valence-electron chi connectivity index (χ3n) is 2.40. The zero-order valence-corrected chi connectivity index (χ0v) is 13.9. The minimum atomic E-state index is -1.28. The molecule has 126 valence electrons. The third kappa shape index (κ3) is 5.78. The highest BCUT2D eigenvalue weighted by molar-refractivity contribution is 6.32. The van der Waals surface area contributed by atoms with Crippen molar-refractivity contribution in [2.75, 3.05) is 6.61 Å². The lowest BCUT2D eigenvalue weighted by atomic mass is 10.2. The number of hydrogen-bond acceptors (Lipinski definition) is 7. The van der Waals surface area contributed by atoms with Gasteiger partial charge in [0, 0.05) is 26.3 Å². The van der Waals surface area contributed by atoms with Crippen LogP contribution in [-0.2, 0) is 23.9 Å². The summed E-state index contributed by atoms with van der Waals surface area (Å²) < 4.78 is 20.3. The van der Waals surface area contributed by atoms with E-state index >= 15 is 0 Å². The summed E-state index contributed by atoms with van der Waals surface area (Å²) in [7, 11) is 0. The van der Waals surface area contributed by atoms with Crippen molar-refractivity contribution in [3.63, 3.8) is 0 Å². The lowest BCUT2D eigenvalue weighted by molar-refractivity contribution is -0.186. The lowest BCUT2D eigenvalue weighted by Crippen LogP contribution is -2.15. The molecular formula is C15H17ClO7. The predicted molar refractivity (Wildman–Crippen MR) is 80.2 cm³/mol. The van der Waals surface area contributed by atoms with Gasteiger partial charge in [-0.15, -0.1) is 0 Å². The van der Waals surface area contributed by atoms with Crippen LogP contribution < -0.4 is 9.47 Å². The van der Waals surface area contributed by atoms with Crippen LogP contribution in [0.3, 0.4) is 0 Å². The van der Waals surface area contributed by atoms with Crippen molar-refractivity contribution >= 4 is 29.5 Å². The van der Waals surface area contributed by atoms with Gasteiger partial charge < -0.3 is 18.9 Å². The first-order chi connectivity index (χ1) is 10.7. The van der Waals surface area contributed by atoms with Crippen LogP contribution in [-0.4, -0.2) is 24.5 Å². The molecule has 1 aromatic carbocycles. The highest BCUT2D eigenvalue weighted by Gasteiger charge is 2.23. The molecule has 0 fully saturated rings. The van der Waals surface area contributed by atoms with Gasteiger partial charge in [0.1, 0.15) is 0 Å². The van der Waals surface area contributed by atoms with E-state index in [1.165, 1.54) is 32.9 Å². The van der Waals surface area contributed by atoms with Gasteiger partial charge in [0.05, 0.1) is 11.6 Å². The van der Waals surface area contributed by atoms with E-state index in [0.29, 0.717) is 0 Å². The first-order valence-electron chi connectivity index (χ1n) is 6.73. The van der Waals surface area contributed by atoms with E-state index in [-0.39, 0.29) is 28.7 Å². The Morgan fingerprint density at radius 2 is 1.61 bits per heavy atom. The van der Waals surface area contributed by atoms with Gasteiger partial charge in [-0.05, 0) is 19.1 Å². The van der Waals surface area contributed by atoms with Gasteiger partial charge in [-0.3, -0.25) is 14.4 Å². The Morgan fingerprint density at radius 1 is 1.04 bits per heavy atom. The summed E-state index contributed by atoms with van der Waals surface area (Å²) in [6, 6.07) is 2.78. The second kappa shape index (κ2) is 8.38. The maximum absolute atomic E-state index is 11.2. The molecule has 1 rings (SSSR count). The minimum absolute atomic E-state index is 0.0363. The number of carbonyl (C=O) groups is 3. The number of hydrogen-bond donors (Lipinski definition) is 0. The van der Waals surface area contributed by atoms with Gasteiger partial charge in [0.15, 0.2) is 11.5 Å². The second-order valence-electron chi connectivity index (χ2n) is 4.41. The van der Waals surface area contributed by atoms with E-state index in [1.807, 2.05) is 0 Å². The fourth-order valence-corrected chi connectivity index (χ4v) is 1.95. The van der Waals surface area contributed by atoms with Gasteiger partial charge in [-0.1, -0.05) is 11.6 Å². The van der Waals surface area contributed by atoms with Crippen LogP contribution in [0.2, 0.25) is 5.02 Å². The maximum Gasteiger partial charge on any atom is 0.308 e. The number of halogens is 1. The van der Waals surface area contributed by atoms with E-state index in [9.17, 15) is 14.4 Å². The molecule has 0 unspecified atom stereocenters. The van der Waals surface area contributed by atoms with Gasteiger partial charge >= 0.3 is 17.9 Å². The molecule has 0 N–H and O–H groups in total. The van der Waals surface area contributed by atoms with Crippen molar-refractivity contribution in [2.45, 2.75) is 34.0 Å². The van der Waals surface area contributed by atoms with Crippen molar-refractivity contribution in [2.24, 2.45) is 0 Å². The van der Waals surface area contributed by atoms with E-state index in [4.69, 9.17) is 30.5 Å². The summed E-state index contributed by atoms with van der Waals surface area (Å²) in [5, 5.41) is 0.0467. The van der Waals surface area contributed by atoms with E-state index in [0.717, 1.165) is 0 Å². The highest BCUT2D eigenvalue weighted by Crippen LogP contribution is 2.39. The summed E-state index contributed by atoms with van der Waals surface area (Å²) >= 11 is 6.09. The van der Waals surface area contributed by atoms with Gasteiger partial charge in [0.25, 0.3) is 6.29 Å². The summed E-state index contributed by atoms with van der Waals surface area (Å²) in [4.78, 5) is 33.5. The molecule has 0 spiro atoms. The minimum Gasteiger partial charge on any atom is -0.490 e. The molecule has 0 heterocycles. The summed E-state index contributed by atoms with van der Waals surface area (Å²) in [6.07, 6.45) is -1.28. The first-order valence-corrected chi connectivity index (χ1v) is 7.11. The van der Waals surface area contributed by atoms with Gasteiger partial charge in [-0.25, -0.2) is 0 Å². The zero-order chi connectivity index (χ0) is 17.6. The molecular weight excluding hydrogens is 328 g/mol. The van der Waals surface area contributed by atoms with Gasteiger partial charge in [-0.2, -0.15) is 0 Å². The van der Waals surface area contributed by atoms with Crippen molar-refractivity contribution in [3.8, 4) is 11.5 Å². The molecule has 0 amide bonds. The number of esters is 3. The molecule has 0 saturated carbocycles. The van der Waals surface area contributed by atoms with E-state index < -0.39 is 24.2 Å². The third-order valence-corrected chi connectivity index (χ3v) is 2.68. The highest BCUT2D eigenvalue weighted by atomic mass is 35.5. The van der Waals surface area contributed by atoms with Gasteiger partial charge in [0.2, 0.25) is 0 Å². The normalized spacial score (nSPS) is 10.2. The maximum atomic E-state index is 11.2. The summed E-state index contributed by atoms with van der Waals surface area (Å²) in [6.45, 7) is 5.58.